The van der Waals surface area contributed by atoms with E-state index < -0.39 is 60.2 Å². The molecule has 0 aliphatic heterocycles. The number of aromatic amines is 1. The number of phenolic OH excluding ortho intramolecular Hbond substituents is 1. The van der Waals surface area contributed by atoms with Crippen LogP contribution < -0.4 is 21.7 Å². The van der Waals surface area contributed by atoms with Crippen molar-refractivity contribution in [1.29, 1.82) is 0 Å². The van der Waals surface area contributed by atoms with Gasteiger partial charge in [0.1, 0.15) is 23.9 Å². The summed E-state index contributed by atoms with van der Waals surface area (Å²) in [4.78, 5) is 68.3. The van der Waals surface area contributed by atoms with Crippen molar-refractivity contribution in [2.75, 3.05) is 12.0 Å². The number of aliphatic carboxylic acids is 2. The van der Waals surface area contributed by atoms with Crippen LogP contribution in [0.3, 0.4) is 0 Å². The van der Waals surface area contributed by atoms with Gasteiger partial charge in [-0.05, 0) is 49.0 Å². The van der Waals surface area contributed by atoms with Crippen molar-refractivity contribution in [3.63, 3.8) is 0 Å². The normalized spacial score (nSPS) is 13.8. The number of aromatic nitrogens is 2. The van der Waals surface area contributed by atoms with Crippen LogP contribution in [0.1, 0.15) is 30.5 Å². The summed E-state index contributed by atoms with van der Waals surface area (Å²) in [5, 5.41) is 35.2. The van der Waals surface area contributed by atoms with Crippen molar-refractivity contribution in [3.05, 3.63) is 48.0 Å². The summed E-state index contributed by atoms with van der Waals surface area (Å²) in [5.74, 6) is -4.20. The van der Waals surface area contributed by atoms with Crippen LogP contribution in [0.4, 0.5) is 0 Å². The number of nitrogens with one attached hydrogen (secondary N) is 4. The zero-order valence-electron chi connectivity index (χ0n) is 21.8. The number of aromatic hydroxyl groups is 1. The van der Waals surface area contributed by atoms with E-state index in [1.165, 1.54) is 36.4 Å². The van der Waals surface area contributed by atoms with Crippen LogP contribution in [0.15, 0.2) is 36.8 Å². The minimum Gasteiger partial charge on any atom is -0.508 e. The molecule has 4 unspecified atom stereocenters. The lowest BCUT2D eigenvalue weighted by Gasteiger charge is -2.25. The van der Waals surface area contributed by atoms with Crippen LogP contribution in [0, 0.1) is 0 Å². The van der Waals surface area contributed by atoms with Gasteiger partial charge in [0, 0.05) is 24.7 Å². The molecular formula is C25H34N6O8S. The first-order chi connectivity index (χ1) is 19.0. The fourth-order valence-corrected chi connectivity index (χ4v) is 4.13. The van der Waals surface area contributed by atoms with E-state index in [9.17, 15) is 34.2 Å². The zero-order valence-corrected chi connectivity index (χ0v) is 22.6. The summed E-state index contributed by atoms with van der Waals surface area (Å²) in [6, 6.07) is 1.38. The average molecular weight is 579 g/mol. The SMILES string of the molecule is CSCCC(NC(=O)C(N)Cc1ccc(O)cc1)C(=O)NC(Cc1cnc[nH]1)C(=O)NC(CCC(=O)O)C(=O)O. The molecule has 2 rings (SSSR count). The molecule has 0 aliphatic rings. The first kappa shape index (κ1) is 32.1. The Morgan fingerprint density at radius 1 is 0.925 bits per heavy atom. The molecule has 4 atom stereocenters. The number of imidazole rings is 1. The molecular weight excluding hydrogens is 544 g/mol. The highest BCUT2D eigenvalue weighted by Crippen LogP contribution is 2.11. The van der Waals surface area contributed by atoms with Crippen molar-refractivity contribution >= 4 is 41.4 Å². The number of nitrogens with zero attached hydrogens (tertiary/aromatic N) is 1. The Morgan fingerprint density at radius 2 is 1.55 bits per heavy atom. The van der Waals surface area contributed by atoms with E-state index in [0.717, 1.165) is 0 Å². The van der Waals surface area contributed by atoms with Gasteiger partial charge in [-0.15, -0.1) is 0 Å². The molecule has 0 radical (unpaired) electrons. The van der Waals surface area contributed by atoms with Crippen LogP contribution in [0.5, 0.6) is 5.75 Å². The molecule has 0 aliphatic carbocycles. The number of amides is 3. The van der Waals surface area contributed by atoms with Crippen LogP contribution in [-0.2, 0) is 36.8 Å². The van der Waals surface area contributed by atoms with Crippen molar-refractivity contribution in [2.24, 2.45) is 5.73 Å². The Balaban J connectivity index is 2.15. The number of rotatable bonds is 17. The minimum absolute atomic E-state index is 0.0702. The van der Waals surface area contributed by atoms with Gasteiger partial charge in [-0.3, -0.25) is 19.2 Å². The molecule has 0 saturated carbocycles. The van der Waals surface area contributed by atoms with Gasteiger partial charge in [0.2, 0.25) is 17.7 Å². The molecule has 2 aromatic rings. The fourth-order valence-electron chi connectivity index (χ4n) is 3.66. The van der Waals surface area contributed by atoms with Crippen LogP contribution >= 0.6 is 11.8 Å². The van der Waals surface area contributed by atoms with Crippen LogP contribution in [0.25, 0.3) is 0 Å². The maximum absolute atomic E-state index is 13.3. The topological polar surface area (TPSA) is 237 Å². The Morgan fingerprint density at radius 3 is 2.12 bits per heavy atom. The van der Waals surface area contributed by atoms with E-state index in [0.29, 0.717) is 17.0 Å². The maximum atomic E-state index is 13.3. The zero-order chi connectivity index (χ0) is 29.7. The highest BCUT2D eigenvalue weighted by Gasteiger charge is 2.31. The molecule has 0 fully saturated rings. The van der Waals surface area contributed by atoms with Crippen LogP contribution in [-0.4, -0.2) is 91.1 Å². The number of carboxylic acid groups (broad SMARTS) is 2. The van der Waals surface area contributed by atoms with Crippen LogP contribution in [0.2, 0.25) is 0 Å². The third-order valence-corrected chi connectivity index (χ3v) is 6.49. The van der Waals surface area contributed by atoms with Gasteiger partial charge >= 0.3 is 11.9 Å². The van der Waals surface area contributed by atoms with Gasteiger partial charge in [0.05, 0.1) is 12.4 Å². The molecule has 1 aromatic carbocycles. The first-order valence-corrected chi connectivity index (χ1v) is 13.7. The number of carboxylic acids is 2. The lowest BCUT2D eigenvalue weighted by molar-refractivity contribution is -0.143. The first-order valence-electron chi connectivity index (χ1n) is 12.4. The number of phenols is 1. The summed E-state index contributed by atoms with van der Waals surface area (Å²) in [6.07, 6.45) is 4.09. The number of carbonyl (C=O) groups excluding carboxylic acids is 3. The molecule has 1 aromatic heterocycles. The molecule has 0 saturated heterocycles. The average Bonchev–Trinajstić information content (AvgIpc) is 3.42. The molecule has 0 spiro atoms. The summed E-state index contributed by atoms with van der Waals surface area (Å²) < 4.78 is 0. The largest absolute Gasteiger partial charge is 0.508 e. The molecule has 40 heavy (non-hydrogen) atoms. The lowest BCUT2D eigenvalue weighted by atomic mass is 10.0. The number of nitrogens with two attached hydrogens (primary N) is 1. The van der Waals surface area contributed by atoms with Crippen molar-refractivity contribution in [2.45, 2.75) is 56.3 Å². The van der Waals surface area contributed by atoms with E-state index in [1.807, 2.05) is 6.26 Å². The number of carbonyl (C=O) groups is 5. The second-order valence-electron chi connectivity index (χ2n) is 8.99. The molecule has 218 valence electrons. The Kier molecular flexibility index (Phi) is 12.9. The Bertz CT molecular complexity index is 1140. The number of hydrogen-bond acceptors (Lipinski definition) is 9. The number of thioether (sulfide) groups is 1. The monoisotopic (exact) mass is 578 g/mol. The summed E-state index contributed by atoms with van der Waals surface area (Å²) in [5.41, 5.74) is 7.23. The molecule has 0 bridgehead atoms. The Labute approximate surface area is 234 Å². The number of H-pyrrole nitrogens is 1. The van der Waals surface area contributed by atoms with Crippen molar-refractivity contribution in [3.8, 4) is 5.75 Å². The Hall–Kier alpha value is -4.11. The van der Waals surface area contributed by atoms with Gasteiger partial charge in [0.25, 0.3) is 0 Å². The van der Waals surface area contributed by atoms with Gasteiger partial charge in [-0.25, -0.2) is 9.78 Å². The van der Waals surface area contributed by atoms with E-state index >= 15 is 0 Å². The third kappa shape index (κ3) is 10.9. The predicted octanol–water partition coefficient (Wildman–Crippen LogP) is -0.615. The fraction of sp³-hybridized carbons (Fsp3) is 0.440. The number of benzene rings is 1. The molecule has 14 nitrogen and oxygen atoms in total. The molecule has 9 N–H and O–H groups in total. The van der Waals surface area contributed by atoms with E-state index in [-0.39, 0.29) is 31.4 Å². The third-order valence-electron chi connectivity index (χ3n) is 5.85. The summed E-state index contributed by atoms with van der Waals surface area (Å²) >= 11 is 1.44. The molecule has 15 heteroatoms. The quantitative estimate of drug-likeness (QED) is 0.118. The van der Waals surface area contributed by atoms with E-state index in [4.69, 9.17) is 10.8 Å². The lowest BCUT2D eigenvalue weighted by Crippen LogP contribution is -2.58. The van der Waals surface area contributed by atoms with Gasteiger partial charge in [0.15, 0.2) is 0 Å². The van der Waals surface area contributed by atoms with Crippen molar-refractivity contribution in [1.82, 2.24) is 25.9 Å². The van der Waals surface area contributed by atoms with Gasteiger partial charge in [-0.2, -0.15) is 11.8 Å². The van der Waals surface area contributed by atoms with E-state index in [2.05, 4.69) is 25.9 Å². The second kappa shape index (κ2) is 16.1. The van der Waals surface area contributed by atoms with Crippen molar-refractivity contribution < 1.29 is 39.3 Å². The smallest absolute Gasteiger partial charge is 0.326 e. The maximum Gasteiger partial charge on any atom is 0.326 e. The second-order valence-corrected chi connectivity index (χ2v) is 9.98. The predicted molar refractivity (Wildman–Crippen MR) is 145 cm³/mol. The van der Waals surface area contributed by atoms with Gasteiger partial charge < -0.3 is 42.0 Å². The summed E-state index contributed by atoms with van der Waals surface area (Å²) in [7, 11) is 0. The minimum atomic E-state index is -1.49. The highest BCUT2D eigenvalue weighted by molar-refractivity contribution is 7.98. The molecule has 3 amide bonds. The standard InChI is InChI=1S/C25H34N6O8S/c1-40-9-8-18(29-22(35)17(26)10-14-2-4-16(32)5-3-14)23(36)31-20(11-15-12-27-13-28-15)24(37)30-19(25(38)39)6-7-21(33)34/h2-5,12-13,17-20,32H,6-11,26H2,1H3,(H,27,28)(H,29,35)(H,30,37)(H,31,36)(H,33,34)(H,38,39). The van der Waals surface area contributed by atoms with Gasteiger partial charge in [-0.1, -0.05) is 12.1 Å². The summed E-state index contributed by atoms with van der Waals surface area (Å²) in [6.45, 7) is 0. The molecule has 1 heterocycles. The number of hydrogen-bond donors (Lipinski definition) is 8. The highest BCUT2D eigenvalue weighted by atomic mass is 32.2. The van der Waals surface area contributed by atoms with E-state index in [1.54, 1.807) is 12.1 Å².